The number of hydrogen-bond acceptors (Lipinski definition) is 6. The summed E-state index contributed by atoms with van der Waals surface area (Å²) in [4.78, 5) is 33.4. The fraction of sp³-hybridized carbons (Fsp3) is 0.269. The highest BCUT2D eigenvalue weighted by atomic mass is 79.9. The first-order valence-electron chi connectivity index (χ1n) is 11.1. The molecule has 0 saturated heterocycles. The topological polar surface area (TPSA) is 61.2 Å². The third kappa shape index (κ3) is 4.40. The van der Waals surface area contributed by atoms with Gasteiger partial charge in [0.05, 0.1) is 29.0 Å². The number of nitrogens with zero attached hydrogens (tertiary/aromatic N) is 2. The quantitative estimate of drug-likeness (QED) is 0.156. The summed E-state index contributed by atoms with van der Waals surface area (Å²) in [5.74, 6) is 0.179. The molecule has 1 aliphatic rings. The highest BCUT2D eigenvalue weighted by molar-refractivity contribution is 9.10. The predicted octanol–water partition coefficient (Wildman–Crippen LogP) is 6.43. The summed E-state index contributed by atoms with van der Waals surface area (Å²) in [6.45, 7) is 4.70. The summed E-state index contributed by atoms with van der Waals surface area (Å²) >= 11 is 6.22. The summed E-state index contributed by atoms with van der Waals surface area (Å²) in [6, 6.07) is 16.8. The molecule has 2 aromatic carbocycles. The number of aromatic nitrogens is 2. The van der Waals surface area contributed by atoms with Gasteiger partial charge in [-0.25, -0.2) is 4.98 Å². The highest BCUT2D eigenvalue weighted by Gasteiger charge is 2.33. The van der Waals surface area contributed by atoms with Crippen LogP contribution in [0.4, 0.5) is 0 Å². The summed E-state index contributed by atoms with van der Waals surface area (Å²) in [6.07, 6.45) is 1.56. The molecule has 0 radical (unpaired) electrons. The second-order valence-electron chi connectivity index (χ2n) is 8.54. The fourth-order valence-electron chi connectivity index (χ4n) is 4.08. The van der Waals surface area contributed by atoms with Gasteiger partial charge in [0.1, 0.15) is 4.83 Å². The average Bonchev–Trinajstić information content (AvgIpc) is 3.21. The number of ether oxygens (including phenoxy) is 1. The number of halogens is 1. The van der Waals surface area contributed by atoms with E-state index in [-0.39, 0.29) is 22.7 Å². The Morgan fingerprint density at radius 2 is 1.94 bits per heavy atom. The number of carbonyl (C=O) groups excluding carboxylic acids is 1. The van der Waals surface area contributed by atoms with Crippen molar-refractivity contribution in [3.05, 3.63) is 85.4 Å². The van der Waals surface area contributed by atoms with E-state index in [0.717, 1.165) is 27.0 Å². The molecule has 0 saturated carbocycles. The number of thiophene rings is 1. The van der Waals surface area contributed by atoms with Crippen molar-refractivity contribution in [1.82, 2.24) is 9.55 Å². The molecule has 0 bridgehead atoms. The fourth-order valence-corrected chi connectivity index (χ4v) is 6.39. The lowest BCUT2D eigenvalue weighted by Crippen LogP contribution is -2.34. The number of ketones is 1. The first-order chi connectivity index (χ1) is 16.4. The predicted molar refractivity (Wildman–Crippen MR) is 142 cm³/mol. The van der Waals surface area contributed by atoms with Crippen LogP contribution in [0.5, 0.6) is 0 Å². The van der Waals surface area contributed by atoms with Crippen molar-refractivity contribution in [2.24, 2.45) is 0 Å². The molecule has 0 fully saturated rings. The molecule has 0 N–H and O–H groups in total. The second kappa shape index (κ2) is 9.41. The van der Waals surface area contributed by atoms with Crippen LogP contribution in [-0.2, 0) is 17.8 Å². The summed E-state index contributed by atoms with van der Waals surface area (Å²) in [7, 11) is 0. The van der Waals surface area contributed by atoms with Crippen LogP contribution in [0.25, 0.3) is 15.9 Å². The second-order valence-corrected chi connectivity index (χ2v) is 11.5. The molecule has 0 amide bonds. The molecule has 2 aromatic heterocycles. The Kier molecular flexibility index (Phi) is 6.50. The number of thioether (sulfide) groups is 1. The van der Waals surface area contributed by atoms with Crippen molar-refractivity contribution in [2.45, 2.75) is 44.1 Å². The van der Waals surface area contributed by atoms with Crippen molar-refractivity contribution < 1.29 is 9.53 Å². The van der Waals surface area contributed by atoms with E-state index < -0.39 is 0 Å². The molecule has 8 heteroatoms. The molecule has 1 aliphatic heterocycles. The van der Waals surface area contributed by atoms with Crippen LogP contribution >= 0.6 is 39.0 Å². The summed E-state index contributed by atoms with van der Waals surface area (Å²) < 4.78 is 8.68. The minimum Gasteiger partial charge on any atom is -0.369 e. The van der Waals surface area contributed by atoms with Gasteiger partial charge >= 0.3 is 0 Å². The monoisotopic (exact) mass is 554 g/mol. The van der Waals surface area contributed by atoms with Gasteiger partial charge in [0.2, 0.25) is 0 Å². The molecule has 0 aliphatic carbocycles. The lowest BCUT2D eigenvalue weighted by molar-refractivity contribution is -0.0543. The third-order valence-corrected chi connectivity index (χ3v) is 8.81. The lowest BCUT2D eigenvalue weighted by atomic mass is 9.90. The van der Waals surface area contributed by atoms with E-state index in [4.69, 9.17) is 9.72 Å². The Morgan fingerprint density at radius 1 is 1.21 bits per heavy atom. The summed E-state index contributed by atoms with van der Waals surface area (Å²) in [5, 5.41) is 1.20. The van der Waals surface area contributed by atoms with Crippen molar-refractivity contribution in [3.8, 4) is 5.69 Å². The minimum absolute atomic E-state index is 0.0101. The molecule has 0 unspecified atom stereocenters. The lowest BCUT2D eigenvalue weighted by Gasteiger charge is -2.32. The number of fused-ring (bicyclic) bond motifs is 3. The molecule has 3 heterocycles. The zero-order valence-corrected chi connectivity index (χ0v) is 22.1. The smallest absolute Gasteiger partial charge is 0.267 e. The van der Waals surface area contributed by atoms with Gasteiger partial charge in [0.25, 0.3) is 5.56 Å². The zero-order chi connectivity index (χ0) is 23.9. The van der Waals surface area contributed by atoms with Crippen molar-refractivity contribution in [1.29, 1.82) is 0 Å². The maximum absolute atomic E-state index is 13.9. The largest absolute Gasteiger partial charge is 0.369 e. The Hall–Kier alpha value is -2.26. The van der Waals surface area contributed by atoms with Gasteiger partial charge in [-0.1, -0.05) is 64.9 Å². The van der Waals surface area contributed by atoms with Gasteiger partial charge in [-0.15, -0.1) is 11.3 Å². The first-order valence-corrected chi connectivity index (χ1v) is 13.7. The molecule has 4 aromatic rings. The molecule has 5 nitrogen and oxygen atoms in total. The molecule has 174 valence electrons. The standard InChI is InChI=1S/C26H23BrN2O3S2/c1-3-26(2)13-19-21(14-32-26)34-23-22(19)24(31)29(18-7-5-4-6-8-18)25(28-23)33-15-20(30)16-9-11-17(27)12-10-16/h4-12H,3,13-15H2,1-2H3/t26-/m1/s1. The molecule has 0 spiro atoms. The Balaban J connectivity index is 1.59. The van der Waals surface area contributed by atoms with Gasteiger partial charge in [0.15, 0.2) is 10.9 Å². The number of hydrogen-bond donors (Lipinski definition) is 0. The number of para-hydroxylation sites is 1. The maximum atomic E-state index is 13.9. The van der Waals surface area contributed by atoms with E-state index in [1.54, 1.807) is 16.7 Å². The van der Waals surface area contributed by atoms with Crippen LogP contribution in [0.1, 0.15) is 41.1 Å². The van der Waals surface area contributed by atoms with Gasteiger partial charge in [-0.2, -0.15) is 0 Å². The number of Topliss-reactive ketones (excluding diaryl/α,β-unsaturated/α-hetero) is 1. The Bertz CT molecular complexity index is 1430. The minimum atomic E-state index is -0.282. The Labute approximate surface area is 214 Å². The van der Waals surface area contributed by atoms with Crippen LogP contribution < -0.4 is 5.56 Å². The van der Waals surface area contributed by atoms with E-state index in [1.807, 2.05) is 42.5 Å². The average molecular weight is 556 g/mol. The van der Waals surface area contributed by atoms with E-state index in [0.29, 0.717) is 34.0 Å². The van der Waals surface area contributed by atoms with E-state index >= 15 is 0 Å². The van der Waals surface area contributed by atoms with Crippen LogP contribution in [0.2, 0.25) is 0 Å². The normalized spacial score (nSPS) is 17.6. The van der Waals surface area contributed by atoms with E-state index in [2.05, 4.69) is 29.8 Å². The molecular formula is C26H23BrN2O3S2. The maximum Gasteiger partial charge on any atom is 0.267 e. The molecule has 5 rings (SSSR count). The SMILES string of the molecule is CC[C@]1(C)Cc2c(sc3nc(SCC(=O)c4ccc(Br)cc4)n(-c4ccccc4)c(=O)c23)CO1. The molecule has 34 heavy (non-hydrogen) atoms. The zero-order valence-electron chi connectivity index (χ0n) is 18.8. The first kappa shape index (κ1) is 23.5. The van der Waals surface area contributed by atoms with Crippen molar-refractivity contribution in [2.75, 3.05) is 5.75 Å². The van der Waals surface area contributed by atoms with Gasteiger partial charge < -0.3 is 4.74 Å². The third-order valence-electron chi connectivity index (χ3n) is 6.24. The van der Waals surface area contributed by atoms with Gasteiger partial charge in [-0.3, -0.25) is 14.2 Å². The highest BCUT2D eigenvalue weighted by Crippen LogP contribution is 2.39. The van der Waals surface area contributed by atoms with Crippen LogP contribution in [0.15, 0.2) is 69.0 Å². The van der Waals surface area contributed by atoms with Crippen molar-refractivity contribution in [3.63, 3.8) is 0 Å². The van der Waals surface area contributed by atoms with Crippen LogP contribution in [0, 0.1) is 0 Å². The van der Waals surface area contributed by atoms with Crippen LogP contribution in [0.3, 0.4) is 0 Å². The van der Waals surface area contributed by atoms with Crippen molar-refractivity contribution >= 4 is 55.0 Å². The van der Waals surface area contributed by atoms with E-state index in [9.17, 15) is 9.59 Å². The van der Waals surface area contributed by atoms with Gasteiger partial charge in [0, 0.05) is 21.3 Å². The Morgan fingerprint density at radius 3 is 2.65 bits per heavy atom. The molecular weight excluding hydrogens is 532 g/mol. The number of rotatable bonds is 6. The molecule has 1 atom stereocenters. The number of benzene rings is 2. The van der Waals surface area contributed by atoms with Gasteiger partial charge in [-0.05, 0) is 43.2 Å². The summed E-state index contributed by atoms with van der Waals surface area (Å²) in [5.41, 5.74) is 2.06. The number of carbonyl (C=O) groups is 1. The van der Waals surface area contributed by atoms with Crippen LogP contribution in [-0.4, -0.2) is 26.7 Å². The van der Waals surface area contributed by atoms with E-state index in [1.165, 1.54) is 23.1 Å².